The molecule has 0 radical (unpaired) electrons. The van der Waals surface area contributed by atoms with Crippen molar-refractivity contribution in [3.8, 4) is 0 Å². The molecule has 1 aromatic rings. The van der Waals surface area contributed by atoms with Gasteiger partial charge in [0.05, 0.1) is 0 Å². The van der Waals surface area contributed by atoms with Crippen LogP contribution in [0.25, 0.3) is 0 Å². The van der Waals surface area contributed by atoms with Gasteiger partial charge in [0.1, 0.15) is 0 Å². The van der Waals surface area contributed by atoms with E-state index in [1.165, 1.54) is 9.18 Å². The molecular weight excluding hydrogens is 306 g/mol. The van der Waals surface area contributed by atoms with Crippen LogP contribution in [0.2, 0.25) is 0 Å². The molecule has 1 aromatic heterocycles. The van der Waals surface area contributed by atoms with E-state index >= 15 is 0 Å². The summed E-state index contributed by atoms with van der Waals surface area (Å²) in [4.78, 5) is 1.18. The lowest BCUT2D eigenvalue weighted by Crippen LogP contribution is -2.44. The van der Waals surface area contributed by atoms with Crippen LogP contribution in [0.1, 0.15) is 32.1 Å². The molecule has 1 rings (SSSR count). The zero-order chi connectivity index (χ0) is 15.9. The number of hydrogen-bond acceptors (Lipinski definition) is 4. The summed E-state index contributed by atoms with van der Waals surface area (Å²) in [7, 11) is -1.79. The Balaban J connectivity index is 2.48. The molecule has 0 aromatic carbocycles. The van der Waals surface area contributed by atoms with Crippen molar-refractivity contribution in [2.45, 2.75) is 32.6 Å². The molecule has 0 saturated carbocycles. The van der Waals surface area contributed by atoms with Crippen molar-refractivity contribution < 1.29 is 8.42 Å². The highest BCUT2D eigenvalue weighted by Gasteiger charge is 2.25. The molecule has 0 aliphatic rings. The van der Waals surface area contributed by atoms with Crippen LogP contribution in [-0.4, -0.2) is 45.9 Å². The van der Waals surface area contributed by atoms with Gasteiger partial charge in [0, 0.05) is 30.4 Å². The Morgan fingerprint density at radius 2 is 2.10 bits per heavy atom. The van der Waals surface area contributed by atoms with Crippen LogP contribution in [-0.2, 0) is 15.6 Å². The number of hydrogen-bond donors (Lipinski definition) is 2. The van der Waals surface area contributed by atoms with E-state index in [1.54, 1.807) is 18.4 Å². The summed E-state index contributed by atoms with van der Waals surface area (Å²) >= 11 is 1.65. The minimum atomic E-state index is -3.41. The van der Waals surface area contributed by atoms with E-state index in [9.17, 15) is 8.42 Å². The van der Waals surface area contributed by atoms with Crippen LogP contribution >= 0.6 is 11.3 Å². The molecule has 0 amide bonds. The highest BCUT2D eigenvalue weighted by molar-refractivity contribution is 7.87. The number of nitrogens with zero attached hydrogens (tertiary/aromatic N) is 1. The van der Waals surface area contributed by atoms with Crippen molar-refractivity contribution in [2.75, 3.05) is 33.2 Å². The maximum absolute atomic E-state index is 12.2. The minimum Gasteiger partial charge on any atom is -0.317 e. The Bertz CT molecular complexity index is 498. The summed E-state index contributed by atoms with van der Waals surface area (Å²) in [6.07, 6.45) is 0.805. The first kappa shape index (κ1) is 18.6. The number of rotatable bonds is 10. The van der Waals surface area contributed by atoms with Crippen LogP contribution in [0.5, 0.6) is 0 Å². The average molecular weight is 334 g/mol. The Morgan fingerprint density at radius 3 is 2.67 bits per heavy atom. The van der Waals surface area contributed by atoms with Gasteiger partial charge in [0.2, 0.25) is 0 Å². The monoisotopic (exact) mass is 333 g/mol. The molecule has 0 saturated heterocycles. The third-order valence-corrected chi connectivity index (χ3v) is 6.12. The molecule has 21 heavy (non-hydrogen) atoms. The summed E-state index contributed by atoms with van der Waals surface area (Å²) in [5.74, 6) is 0. The van der Waals surface area contributed by atoms with Crippen molar-refractivity contribution in [2.24, 2.45) is 0 Å². The lowest BCUT2D eigenvalue weighted by atomic mass is 9.92. The van der Waals surface area contributed by atoms with Gasteiger partial charge in [-0.2, -0.15) is 12.7 Å². The zero-order valence-electron chi connectivity index (χ0n) is 13.3. The maximum atomic E-state index is 12.2. The van der Waals surface area contributed by atoms with Gasteiger partial charge in [-0.15, -0.1) is 11.3 Å². The third-order valence-electron chi connectivity index (χ3n) is 3.37. The highest BCUT2D eigenvalue weighted by Crippen LogP contribution is 2.26. The molecular formula is C14H27N3O2S2. The molecule has 0 fully saturated rings. The fourth-order valence-corrected chi connectivity index (χ4v) is 3.84. The Kier molecular flexibility index (Phi) is 7.29. The fourth-order valence-electron chi connectivity index (χ4n) is 1.86. The van der Waals surface area contributed by atoms with Crippen LogP contribution in [0.3, 0.4) is 0 Å². The van der Waals surface area contributed by atoms with E-state index in [1.807, 2.05) is 38.3 Å². The first-order chi connectivity index (χ1) is 9.79. The van der Waals surface area contributed by atoms with Crippen molar-refractivity contribution in [1.82, 2.24) is 14.3 Å². The molecule has 0 atom stereocenters. The van der Waals surface area contributed by atoms with Gasteiger partial charge in [-0.05, 0) is 31.0 Å². The molecule has 2 N–H and O–H groups in total. The van der Waals surface area contributed by atoms with E-state index < -0.39 is 10.2 Å². The van der Waals surface area contributed by atoms with Gasteiger partial charge in [-0.25, -0.2) is 4.72 Å². The Labute approximate surface area is 132 Å². The van der Waals surface area contributed by atoms with Crippen LogP contribution < -0.4 is 10.0 Å². The molecule has 122 valence electrons. The van der Waals surface area contributed by atoms with Crippen molar-refractivity contribution in [3.63, 3.8) is 0 Å². The van der Waals surface area contributed by atoms with Crippen LogP contribution in [0, 0.1) is 0 Å². The Morgan fingerprint density at radius 1 is 1.38 bits per heavy atom. The maximum Gasteiger partial charge on any atom is 0.279 e. The first-order valence-corrected chi connectivity index (χ1v) is 9.57. The second-order valence-electron chi connectivity index (χ2n) is 5.72. The lowest BCUT2D eigenvalue weighted by molar-refractivity contribution is 0.433. The topological polar surface area (TPSA) is 61.4 Å². The average Bonchev–Trinajstić information content (AvgIpc) is 2.96. The van der Waals surface area contributed by atoms with E-state index in [0.29, 0.717) is 13.1 Å². The minimum absolute atomic E-state index is 0.203. The van der Waals surface area contributed by atoms with E-state index in [2.05, 4.69) is 10.0 Å². The summed E-state index contributed by atoms with van der Waals surface area (Å²) in [6.45, 7) is 8.78. The molecule has 5 nitrogen and oxygen atoms in total. The Hall–Kier alpha value is -0.470. The van der Waals surface area contributed by atoms with Crippen molar-refractivity contribution in [1.29, 1.82) is 0 Å². The normalized spacial score (nSPS) is 13.0. The molecule has 0 bridgehead atoms. The number of nitrogens with one attached hydrogen (secondary N) is 2. The highest BCUT2D eigenvalue weighted by atomic mass is 32.2. The summed E-state index contributed by atoms with van der Waals surface area (Å²) in [5.41, 5.74) is -0.203. The van der Waals surface area contributed by atoms with Crippen molar-refractivity contribution >= 4 is 21.5 Å². The molecule has 7 heteroatoms. The largest absolute Gasteiger partial charge is 0.317 e. The second kappa shape index (κ2) is 8.24. The van der Waals surface area contributed by atoms with Gasteiger partial charge in [-0.3, -0.25) is 0 Å². The summed E-state index contributed by atoms with van der Waals surface area (Å²) in [6, 6.07) is 4.03. The standard InChI is InChI=1S/C14H27N3O2S2/c1-5-15-9-7-10-17(4)21(18,19)16-12-14(2,3)13-8-6-11-20-13/h6,8,11,15-16H,5,7,9-10,12H2,1-4H3. The van der Waals surface area contributed by atoms with E-state index in [-0.39, 0.29) is 5.41 Å². The quantitative estimate of drug-likeness (QED) is 0.642. The predicted molar refractivity (Wildman–Crippen MR) is 90.1 cm³/mol. The van der Waals surface area contributed by atoms with E-state index in [0.717, 1.165) is 19.5 Å². The van der Waals surface area contributed by atoms with Crippen LogP contribution in [0.15, 0.2) is 17.5 Å². The predicted octanol–water partition coefficient (Wildman–Crippen LogP) is 1.79. The molecule has 0 aliphatic heterocycles. The zero-order valence-corrected chi connectivity index (χ0v) is 15.0. The van der Waals surface area contributed by atoms with Gasteiger partial charge in [0.15, 0.2) is 0 Å². The smallest absolute Gasteiger partial charge is 0.279 e. The summed E-state index contributed by atoms with van der Waals surface area (Å²) < 4.78 is 28.5. The van der Waals surface area contributed by atoms with Crippen molar-refractivity contribution in [3.05, 3.63) is 22.4 Å². The molecule has 0 spiro atoms. The fraction of sp³-hybridized carbons (Fsp3) is 0.714. The second-order valence-corrected chi connectivity index (χ2v) is 8.53. The van der Waals surface area contributed by atoms with Gasteiger partial charge in [-0.1, -0.05) is 26.8 Å². The molecule has 1 heterocycles. The number of thiophene rings is 1. The van der Waals surface area contributed by atoms with Gasteiger partial charge in [0.25, 0.3) is 10.2 Å². The SMILES string of the molecule is CCNCCCN(C)S(=O)(=O)NCC(C)(C)c1cccs1. The summed E-state index contributed by atoms with van der Waals surface area (Å²) in [5, 5.41) is 5.20. The van der Waals surface area contributed by atoms with E-state index in [4.69, 9.17) is 0 Å². The van der Waals surface area contributed by atoms with Crippen LogP contribution in [0.4, 0.5) is 0 Å². The molecule has 0 aliphatic carbocycles. The molecule has 0 unspecified atom stereocenters. The third kappa shape index (κ3) is 6.04. The first-order valence-electron chi connectivity index (χ1n) is 7.25. The van der Waals surface area contributed by atoms with Gasteiger partial charge < -0.3 is 5.32 Å². The lowest BCUT2D eigenvalue weighted by Gasteiger charge is -2.25. The van der Waals surface area contributed by atoms with Gasteiger partial charge >= 0.3 is 0 Å².